The fourth-order valence-corrected chi connectivity index (χ4v) is 2.43. The van der Waals surface area contributed by atoms with Crippen molar-refractivity contribution in [2.45, 2.75) is 26.8 Å². The summed E-state index contributed by atoms with van der Waals surface area (Å²) < 4.78 is 0. The molecule has 0 spiro atoms. The van der Waals surface area contributed by atoms with Crippen LogP contribution >= 0.6 is 11.6 Å². The summed E-state index contributed by atoms with van der Waals surface area (Å²) in [5, 5.41) is 0.767. The number of hydrogen-bond donors (Lipinski definition) is 2. The molecular formula is C16H19ClN2. The molecule has 19 heavy (non-hydrogen) atoms. The first-order valence-electron chi connectivity index (χ1n) is 6.33. The molecule has 0 saturated carbocycles. The van der Waals surface area contributed by atoms with E-state index in [0.29, 0.717) is 0 Å². The summed E-state index contributed by atoms with van der Waals surface area (Å²) in [6.07, 6.45) is 0. The molecular weight excluding hydrogens is 256 g/mol. The average molecular weight is 275 g/mol. The van der Waals surface area contributed by atoms with Crippen molar-refractivity contribution in [1.29, 1.82) is 0 Å². The topological polar surface area (TPSA) is 38.0 Å². The van der Waals surface area contributed by atoms with Crippen molar-refractivity contribution in [3.63, 3.8) is 0 Å². The lowest BCUT2D eigenvalue weighted by Crippen LogP contribution is -2.29. The molecule has 0 fully saturated rings. The van der Waals surface area contributed by atoms with Gasteiger partial charge in [0.05, 0.1) is 6.04 Å². The van der Waals surface area contributed by atoms with Gasteiger partial charge in [0.1, 0.15) is 0 Å². The van der Waals surface area contributed by atoms with Crippen LogP contribution in [0.5, 0.6) is 0 Å². The Morgan fingerprint density at radius 2 is 1.79 bits per heavy atom. The van der Waals surface area contributed by atoms with E-state index in [4.69, 9.17) is 17.4 Å². The first kappa shape index (κ1) is 14.1. The van der Waals surface area contributed by atoms with E-state index >= 15 is 0 Å². The fourth-order valence-electron chi connectivity index (χ4n) is 2.24. The van der Waals surface area contributed by atoms with Gasteiger partial charge < -0.3 is 0 Å². The van der Waals surface area contributed by atoms with Crippen LogP contribution in [0.1, 0.15) is 33.9 Å². The Balaban J connectivity index is 2.50. The highest BCUT2D eigenvalue weighted by Gasteiger charge is 2.16. The van der Waals surface area contributed by atoms with E-state index in [1.807, 2.05) is 19.1 Å². The highest BCUT2D eigenvalue weighted by Crippen LogP contribution is 2.28. The Morgan fingerprint density at radius 1 is 1.05 bits per heavy atom. The summed E-state index contributed by atoms with van der Waals surface area (Å²) in [5.41, 5.74) is 8.73. The first-order chi connectivity index (χ1) is 9.04. The highest BCUT2D eigenvalue weighted by atomic mass is 35.5. The molecule has 0 aliphatic heterocycles. The van der Waals surface area contributed by atoms with Crippen molar-refractivity contribution >= 4 is 11.6 Å². The second kappa shape index (κ2) is 5.74. The lowest BCUT2D eigenvalue weighted by atomic mass is 9.93. The smallest absolute Gasteiger partial charge is 0.0713 e. The maximum Gasteiger partial charge on any atom is 0.0713 e. The maximum atomic E-state index is 6.20. The van der Waals surface area contributed by atoms with E-state index in [-0.39, 0.29) is 6.04 Å². The zero-order valence-electron chi connectivity index (χ0n) is 11.5. The number of benzene rings is 2. The van der Waals surface area contributed by atoms with Gasteiger partial charge >= 0.3 is 0 Å². The largest absolute Gasteiger partial charge is 0.271 e. The number of rotatable bonds is 3. The second-order valence-electron chi connectivity index (χ2n) is 4.90. The van der Waals surface area contributed by atoms with Crippen molar-refractivity contribution in [1.82, 2.24) is 5.43 Å². The highest BCUT2D eigenvalue weighted by molar-refractivity contribution is 6.31. The number of hydrogen-bond acceptors (Lipinski definition) is 2. The third-order valence-corrected chi connectivity index (χ3v) is 4.06. The van der Waals surface area contributed by atoms with Crippen molar-refractivity contribution in [3.8, 4) is 0 Å². The van der Waals surface area contributed by atoms with Crippen molar-refractivity contribution < 1.29 is 0 Å². The Hall–Kier alpha value is -1.35. The predicted molar refractivity (Wildman–Crippen MR) is 81.3 cm³/mol. The van der Waals surface area contributed by atoms with Crippen LogP contribution in [0.25, 0.3) is 0 Å². The molecule has 2 aromatic rings. The summed E-state index contributed by atoms with van der Waals surface area (Å²) in [4.78, 5) is 0. The van der Waals surface area contributed by atoms with E-state index in [0.717, 1.165) is 16.1 Å². The van der Waals surface area contributed by atoms with Gasteiger partial charge in [-0.25, -0.2) is 5.43 Å². The molecule has 3 heteroatoms. The predicted octanol–water partition coefficient (Wildman–Crippen LogP) is 3.82. The van der Waals surface area contributed by atoms with Crippen molar-refractivity contribution in [2.24, 2.45) is 5.84 Å². The molecule has 100 valence electrons. The van der Waals surface area contributed by atoms with Crippen LogP contribution in [0.3, 0.4) is 0 Å². The van der Waals surface area contributed by atoms with E-state index in [1.165, 1.54) is 16.7 Å². The van der Waals surface area contributed by atoms with Crippen LogP contribution in [0, 0.1) is 20.8 Å². The molecule has 2 aromatic carbocycles. The molecule has 0 saturated heterocycles. The summed E-state index contributed by atoms with van der Waals surface area (Å²) in [7, 11) is 0. The summed E-state index contributed by atoms with van der Waals surface area (Å²) >= 11 is 6.20. The standard InChI is InChI=1S/C16H19ClN2/c1-10-5-4-6-14(12(10)3)16(19-18)13-8-7-11(2)15(17)9-13/h4-9,16,19H,18H2,1-3H3. The normalized spacial score (nSPS) is 12.5. The van der Waals surface area contributed by atoms with Gasteiger partial charge in [-0.15, -0.1) is 0 Å². The minimum atomic E-state index is -0.0435. The third kappa shape index (κ3) is 2.81. The van der Waals surface area contributed by atoms with Crippen LogP contribution in [0.4, 0.5) is 0 Å². The van der Waals surface area contributed by atoms with Gasteiger partial charge in [-0.2, -0.15) is 0 Å². The molecule has 2 rings (SSSR count). The summed E-state index contributed by atoms with van der Waals surface area (Å²) in [5.74, 6) is 5.75. The number of hydrazine groups is 1. The Kier molecular flexibility index (Phi) is 4.25. The zero-order chi connectivity index (χ0) is 14.0. The molecule has 0 bridgehead atoms. The van der Waals surface area contributed by atoms with Gasteiger partial charge in [-0.05, 0) is 54.7 Å². The van der Waals surface area contributed by atoms with Crippen LogP contribution < -0.4 is 11.3 Å². The third-order valence-electron chi connectivity index (χ3n) is 3.65. The van der Waals surface area contributed by atoms with E-state index in [2.05, 4.69) is 43.5 Å². The lowest BCUT2D eigenvalue weighted by molar-refractivity contribution is 0.633. The quantitative estimate of drug-likeness (QED) is 0.660. The van der Waals surface area contributed by atoms with Gasteiger partial charge in [0.25, 0.3) is 0 Å². The van der Waals surface area contributed by atoms with Gasteiger partial charge in [-0.1, -0.05) is 41.9 Å². The van der Waals surface area contributed by atoms with Crippen LogP contribution in [-0.4, -0.2) is 0 Å². The molecule has 3 N–H and O–H groups in total. The zero-order valence-corrected chi connectivity index (χ0v) is 12.3. The number of halogens is 1. The first-order valence-corrected chi connectivity index (χ1v) is 6.70. The fraction of sp³-hybridized carbons (Fsp3) is 0.250. The van der Waals surface area contributed by atoms with E-state index < -0.39 is 0 Å². The minimum absolute atomic E-state index is 0.0435. The number of nitrogens with two attached hydrogens (primary N) is 1. The van der Waals surface area contributed by atoms with Crippen LogP contribution in [-0.2, 0) is 0 Å². The van der Waals surface area contributed by atoms with Crippen LogP contribution in [0.2, 0.25) is 5.02 Å². The molecule has 0 heterocycles. The molecule has 2 nitrogen and oxygen atoms in total. The molecule has 1 unspecified atom stereocenters. The number of aryl methyl sites for hydroxylation is 2. The number of nitrogens with one attached hydrogen (secondary N) is 1. The van der Waals surface area contributed by atoms with Crippen molar-refractivity contribution in [2.75, 3.05) is 0 Å². The Morgan fingerprint density at radius 3 is 2.42 bits per heavy atom. The molecule has 0 aliphatic carbocycles. The van der Waals surface area contributed by atoms with E-state index in [9.17, 15) is 0 Å². The summed E-state index contributed by atoms with van der Waals surface area (Å²) in [6, 6.07) is 12.3. The Bertz CT molecular complexity index is 593. The van der Waals surface area contributed by atoms with Crippen LogP contribution in [0.15, 0.2) is 36.4 Å². The van der Waals surface area contributed by atoms with Crippen molar-refractivity contribution in [3.05, 3.63) is 69.2 Å². The van der Waals surface area contributed by atoms with Gasteiger partial charge in [0, 0.05) is 5.02 Å². The average Bonchev–Trinajstić information content (AvgIpc) is 2.39. The molecule has 0 radical (unpaired) electrons. The van der Waals surface area contributed by atoms with E-state index in [1.54, 1.807) is 0 Å². The molecule has 0 aromatic heterocycles. The minimum Gasteiger partial charge on any atom is -0.271 e. The van der Waals surface area contributed by atoms with Gasteiger partial charge in [0.2, 0.25) is 0 Å². The van der Waals surface area contributed by atoms with Gasteiger partial charge in [-0.3, -0.25) is 5.84 Å². The molecule has 1 atom stereocenters. The molecule has 0 amide bonds. The lowest BCUT2D eigenvalue weighted by Gasteiger charge is -2.20. The Labute approximate surface area is 119 Å². The van der Waals surface area contributed by atoms with Gasteiger partial charge in [0.15, 0.2) is 0 Å². The SMILES string of the molecule is Cc1ccc(C(NN)c2cccc(C)c2C)cc1Cl. The maximum absolute atomic E-state index is 6.20. The summed E-state index contributed by atoms with van der Waals surface area (Å²) in [6.45, 7) is 6.22. The molecule has 0 aliphatic rings. The second-order valence-corrected chi connectivity index (χ2v) is 5.30. The monoisotopic (exact) mass is 274 g/mol.